The van der Waals surface area contributed by atoms with Crippen molar-refractivity contribution in [3.8, 4) is 5.75 Å². The third-order valence-electron chi connectivity index (χ3n) is 3.28. The zero-order valence-electron chi connectivity index (χ0n) is 12.8. The van der Waals surface area contributed by atoms with Gasteiger partial charge in [-0.1, -0.05) is 51.1 Å². The molecule has 0 saturated carbocycles. The lowest BCUT2D eigenvalue weighted by Crippen LogP contribution is -2.18. The monoisotopic (exact) mass is 298 g/mol. The van der Waals surface area contributed by atoms with Crippen LogP contribution in [0.15, 0.2) is 48.5 Å². The van der Waals surface area contributed by atoms with Crippen molar-refractivity contribution in [2.75, 3.05) is 0 Å². The van der Waals surface area contributed by atoms with Crippen LogP contribution in [0.5, 0.6) is 5.75 Å². The number of hydrogen-bond donors (Lipinski definition) is 1. The van der Waals surface area contributed by atoms with Gasteiger partial charge in [0, 0.05) is 5.56 Å². The van der Waals surface area contributed by atoms with E-state index in [0.717, 1.165) is 5.56 Å². The van der Waals surface area contributed by atoms with Gasteiger partial charge in [-0.3, -0.25) is 0 Å². The van der Waals surface area contributed by atoms with E-state index in [4.69, 9.17) is 9.84 Å². The highest BCUT2D eigenvalue weighted by Gasteiger charge is 2.22. The predicted molar refractivity (Wildman–Crippen MR) is 83.5 cm³/mol. The van der Waals surface area contributed by atoms with Gasteiger partial charge in [0.1, 0.15) is 5.75 Å². The Morgan fingerprint density at radius 1 is 0.909 bits per heavy atom. The molecule has 0 bridgehead atoms. The second-order valence-corrected chi connectivity index (χ2v) is 5.99. The van der Waals surface area contributed by atoms with Crippen molar-refractivity contribution in [1.29, 1.82) is 0 Å². The Hall–Kier alpha value is -2.62. The van der Waals surface area contributed by atoms with Gasteiger partial charge < -0.3 is 9.84 Å². The molecule has 4 heteroatoms. The summed E-state index contributed by atoms with van der Waals surface area (Å²) in [5.41, 5.74) is 0.666. The molecular weight excluding hydrogens is 280 g/mol. The molecule has 0 aliphatic carbocycles. The van der Waals surface area contributed by atoms with E-state index in [1.807, 2.05) is 32.9 Å². The van der Waals surface area contributed by atoms with Gasteiger partial charge in [-0.15, -0.1) is 0 Å². The number of para-hydroxylation sites is 1. The van der Waals surface area contributed by atoms with Crippen molar-refractivity contribution < 1.29 is 19.4 Å². The fraction of sp³-hybridized carbons (Fsp3) is 0.222. The number of esters is 1. The van der Waals surface area contributed by atoms with Crippen LogP contribution >= 0.6 is 0 Å². The van der Waals surface area contributed by atoms with E-state index in [0.29, 0.717) is 5.75 Å². The Balaban J connectivity index is 2.37. The molecule has 22 heavy (non-hydrogen) atoms. The van der Waals surface area contributed by atoms with Crippen LogP contribution in [-0.2, 0) is 5.41 Å². The van der Waals surface area contributed by atoms with Gasteiger partial charge in [0.15, 0.2) is 0 Å². The molecule has 0 spiro atoms. The van der Waals surface area contributed by atoms with Gasteiger partial charge in [0.05, 0.1) is 11.1 Å². The summed E-state index contributed by atoms with van der Waals surface area (Å²) in [6.07, 6.45) is 0. The van der Waals surface area contributed by atoms with Gasteiger partial charge in [-0.05, 0) is 23.6 Å². The number of ether oxygens (including phenoxy) is 1. The summed E-state index contributed by atoms with van der Waals surface area (Å²) in [7, 11) is 0. The van der Waals surface area contributed by atoms with Gasteiger partial charge in [-0.2, -0.15) is 0 Å². The first-order valence-electron chi connectivity index (χ1n) is 6.94. The summed E-state index contributed by atoms with van der Waals surface area (Å²) < 4.78 is 5.45. The van der Waals surface area contributed by atoms with Crippen LogP contribution in [0.2, 0.25) is 0 Å². The molecule has 0 aliphatic rings. The van der Waals surface area contributed by atoms with Gasteiger partial charge in [-0.25, -0.2) is 9.59 Å². The van der Waals surface area contributed by atoms with Gasteiger partial charge >= 0.3 is 11.9 Å². The smallest absolute Gasteiger partial charge is 0.344 e. The lowest BCUT2D eigenvalue weighted by Gasteiger charge is -2.22. The molecule has 0 aliphatic heterocycles. The third kappa shape index (κ3) is 3.34. The molecule has 0 heterocycles. The van der Waals surface area contributed by atoms with Crippen LogP contribution in [0.1, 0.15) is 47.1 Å². The quantitative estimate of drug-likeness (QED) is 0.689. The number of carbonyl (C=O) groups is 2. The number of hydrogen-bond acceptors (Lipinski definition) is 3. The van der Waals surface area contributed by atoms with E-state index in [-0.39, 0.29) is 16.5 Å². The summed E-state index contributed by atoms with van der Waals surface area (Å²) in [4.78, 5) is 23.5. The van der Waals surface area contributed by atoms with Crippen LogP contribution < -0.4 is 4.74 Å². The van der Waals surface area contributed by atoms with Crippen LogP contribution in [0.3, 0.4) is 0 Å². The molecular formula is C18H18O4. The maximum atomic E-state index is 12.3. The van der Waals surface area contributed by atoms with Crippen molar-refractivity contribution in [3.63, 3.8) is 0 Å². The average Bonchev–Trinajstić information content (AvgIpc) is 2.46. The van der Waals surface area contributed by atoms with E-state index in [2.05, 4.69) is 0 Å². The Bertz CT molecular complexity index is 711. The Labute approximate surface area is 129 Å². The number of carbonyl (C=O) groups excluding carboxylic acids is 1. The largest absolute Gasteiger partial charge is 0.478 e. The van der Waals surface area contributed by atoms with E-state index in [1.54, 1.807) is 24.3 Å². The van der Waals surface area contributed by atoms with Crippen molar-refractivity contribution >= 4 is 11.9 Å². The second-order valence-electron chi connectivity index (χ2n) is 5.99. The fourth-order valence-electron chi connectivity index (χ4n) is 2.18. The molecule has 114 valence electrons. The molecule has 1 N–H and O–H groups in total. The van der Waals surface area contributed by atoms with Crippen molar-refractivity contribution in [3.05, 3.63) is 65.2 Å². The highest BCUT2D eigenvalue weighted by molar-refractivity contribution is 6.03. The minimum Gasteiger partial charge on any atom is -0.478 e. The first-order chi connectivity index (χ1) is 10.3. The van der Waals surface area contributed by atoms with E-state index in [1.165, 1.54) is 12.1 Å². The maximum Gasteiger partial charge on any atom is 0.344 e. The van der Waals surface area contributed by atoms with Gasteiger partial charge in [0.2, 0.25) is 0 Å². The predicted octanol–water partition coefficient (Wildman–Crippen LogP) is 3.90. The summed E-state index contributed by atoms with van der Waals surface area (Å²) in [6.45, 7) is 6.06. The molecule has 0 aromatic heterocycles. The van der Waals surface area contributed by atoms with E-state index >= 15 is 0 Å². The van der Waals surface area contributed by atoms with Crippen LogP contribution in [0.4, 0.5) is 0 Å². The van der Waals surface area contributed by atoms with E-state index < -0.39 is 11.9 Å². The minimum absolute atomic E-state index is 0.0405. The van der Waals surface area contributed by atoms with Crippen molar-refractivity contribution in [2.24, 2.45) is 0 Å². The summed E-state index contributed by atoms with van der Waals surface area (Å²) in [6, 6.07) is 13.3. The third-order valence-corrected chi connectivity index (χ3v) is 3.28. The lowest BCUT2D eigenvalue weighted by molar-refractivity contribution is 0.0667. The van der Waals surface area contributed by atoms with Crippen molar-refractivity contribution in [2.45, 2.75) is 26.2 Å². The second kappa shape index (κ2) is 6.02. The molecule has 0 atom stereocenters. The molecule has 0 unspecified atom stereocenters. The minimum atomic E-state index is -1.16. The first kappa shape index (κ1) is 15.8. The van der Waals surface area contributed by atoms with Crippen LogP contribution in [0.25, 0.3) is 0 Å². The summed E-state index contributed by atoms with van der Waals surface area (Å²) >= 11 is 0. The highest BCUT2D eigenvalue weighted by atomic mass is 16.5. The molecule has 0 amide bonds. The van der Waals surface area contributed by atoms with Gasteiger partial charge in [0.25, 0.3) is 0 Å². The number of carboxylic acid groups (broad SMARTS) is 1. The highest BCUT2D eigenvalue weighted by Crippen LogP contribution is 2.31. The molecule has 2 aromatic rings. The molecule has 4 nitrogen and oxygen atoms in total. The van der Waals surface area contributed by atoms with Crippen LogP contribution in [-0.4, -0.2) is 17.0 Å². The standard InChI is InChI=1S/C18H18O4/c1-18(2,3)14-10-6-7-11-15(14)22-17(21)13-9-5-4-8-12(13)16(19)20/h4-11H,1-3H3,(H,19,20). The Morgan fingerprint density at radius 2 is 1.45 bits per heavy atom. The topological polar surface area (TPSA) is 63.6 Å². The molecule has 0 saturated heterocycles. The van der Waals surface area contributed by atoms with Crippen LogP contribution in [0, 0.1) is 0 Å². The summed E-state index contributed by atoms with van der Waals surface area (Å²) in [5, 5.41) is 9.16. The lowest BCUT2D eigenvalue weighted by atomic mass is 9.86. The summed E-state index contributed by atoms with van der Waals surface area (Å²) in [5.74, 6) is -1.38. The normalized spacial score (nSPS) is 11.0. The molecule has 0 radical (unpaired) electrons. The Morgan fingerprint density at radius 3 is 2.05 bits per heavy atom. The Kier molecular flexibility index (Phi) is 4.31. The van der Waals surface area contributed by atoms with Crippen molar-refractivity contribution in [1.82, 2.24) is 0 Å². The number of carboxylic acids is 1. The average molecular weight is 298 g/mol. The molecule has 0 fully saturated rings. The molecule has 2 aromatic carbocycles. The number of rotatable bonds is 3. The zero-order valence-corrected chi connectivity index (χ0v) is 12.8. The fourth-order valence-corrected chi connectivity index (χ4v) is 2.18. The maximum absolute atomic E-state index is 12.3. The number of benzene rings is 2. The molecule has 2 rings (SSSR count). The zero-order chi connectivity index (χ0) is 16.3. The first-order valence-corrected chi connectivity index (χ1v) is 6.94. The number of aromatic carboxylic acids is 1. The SMILES string of the molecule is CC(C)(C)c1ccccc1OC(=O)c1ccccc1C(=O)O. The van der Waals surface area contributed by atoms with E-state index in [9.17, 15) is 9.59 Å².